The molecule has 1 unspecified atom stereocenters. The molecule has 4 rings (SSSR count). The molecule has 1 atom stereocenters. The highest BCUT2D eigenvalue weighted by Crippen LogP contribution is 2.37. The molecule has 3 N–H and O–H groups in total. The van der Waals surface area contributed by atoms with E-state index in [9.17, 15) is 10.1 Å². The second-order valence-corrected chi connectivity index (χ2v) is 8.83. The van der Waals surface area contributed by atoms with Crippen molar-refractivity contribution in [1.82, 2.24) is 9.97 Å². The molecular weight excluding hydrogens is 513 g/mol. The maximum atomic E-state index is 11.6. The molecule has 4 aromatic rings. The molecule has 37 heavy (non-hydrogen) atoms. The van der Waals surface area contributed by atoms with Gasteiger partial charge in [-0.1, -0.05) is 41.4 Å². The maximum Gasteiger partial charge on any atom is 0.337 e. The first-order chi connectivity index (χ1) is 17.8. The fraction of sp³-hybridized carbons (Fsp3) is 0.111. The van der Waals surface area contributed by atoms with Crippen molar-refractivity contribution in [2.45, 2.75) is 12.8 Å². The summed E-state index contributed by atoms with van der Waals surface area (Å²) in [4.78, 5) is 20.0. The summed E-state index contributed by atoms with van der Waals surface area (Å²) in [6.07, 6.45) is 1.31. The molecule has 10 heteroatoms. The number of aromatic nitrogens is 2. The number of nitrogens with one attached hydrogen (secondary N) is 1. The zero-order valence-electron chi connectivity index (χ0n) is 19.8. The number of esters is 1. The smallest absolute Gasteiger partial charge is 0.337 e. The van der Waals surface area contributed by atoms with Gasteiger partial charge in [0, 0.05) is 15.7 Å². The van der Waals surface area contributed by atoms with Crippen molar-refractivity contribution in [1.29, 1.82) is 5.26 Å². The molecule has 0 radical (unpaired) electrons. The molecule has 0 aliphatic heterocycles. The number of methoxy groups -OCH3 is 1. The number of aryl methyl sites for hydroxylation is 1. The monoisotopic (exact) mass is 533 g/mol. The van der Waals surface area contributed by atoms with Crippen LogP contribution in [0.2, 0.25) is 10.0 Å². The lowest BCUT2D eigenvalue weighted by molar-refractivity contribution is 0.0600. The van der Waals surface area contributed by atoms with Crippen molar-refractivity contribution in [2.24, 2.45) is 0 Å². The average molecular weight is 534 g/mol. The van der Waals surface area contributed by atoms with Crippen LogP contribution in [0.1, 0.15) is 33.0 Å². The van der Waals surface area contributed by atoms with E-state index in [2.05, 4.69) is 21.4 Å². The van der Waals surface area contributed by atoms with Gasteiger partial charge in [-0.15, -0.1) is 0 Å². The minimum absolute atomic E-state index is 0.135. The van der Waals surface area contributed by atoms with Gasteiger partial charge in [-0.3, -0.25) is 0 Å². The second kappa shape index (κ2) is 11.2. The third kappa shape index (κ3) is 5.75. The van der Waals surface area contributed by atoms with Gasteiger partial charge < -0.3 is 20.5 Å². The summed E-state index contributed by atoms with van der Waals surface area (Å²) in [6.45, 7) is 1.89. The minimum atomic E-state index is -0.563. The van der Waals surface area contributed by atoms with Crippen molar-refractivity contribution < 1.29 is 14.3 Å². The van der Waals surface area contributed by atoms with Crippen molar-refractivity contribution in [3.63, 3.8) is 0 Å². The molecule has 0 saturated carbocycles. The Morgan fingerprint density at radius 3 is 2.43 bits per heavy atom. The Hall–Kier alpha value is -4.32. The van der Waals surface area contributed by atoms with E-state index in [0.717, 1.165) is 11.1 Å². The van der Waals surface area contributed by atoms with Gasteiger partial charge in [0.1, 0.15) is 17.8 Å². The van der Waals surface area contributed by atoms with Gasteiger partial charge in [0.05, 0.1) is 24.7 Å². The molecule has 0 aliphatic rings. The number of nitrogen functional groups attached to an aromatic ring is 1. The number of nitriles is 1. The van der Waals surface area contributed by atoms with Crippen molar-refractivity contribution in [3.05, 3.63) is 99.3 Å². The van der Waals surface area contributed by atoms with Crippen LogP contribution in [0.3, 0.4) is 0 Å². The van der Waals surface area contributed by atoms with Crippen LogP contribution in [0.4, 0.5) is 17.2 Å². The zero-order valence-corrected chi connectivity index (χ0v) is 21.3. The molecule has 3 aromatic carbocycles. The Morgan fingerprint density at radius 2 is 1.78 bits per heavy atom. The lowest BCUT2D eigenvalue weighted by Crippen LogP contribution is -2.05. The molecule has 0 aliphatic carbocycles. The Balaban J connectivity index is 1.57. The predicted molar refractivity (Wildman–Crippen MR) is 143 cm³/mol. The van der Waals surface area contributed by atoms with Gasteiger partial charge in [0.25, 0.3) is 0 Å². The Bertz CT molecular complexity index is 1490. The van der Waals surface area contributed by atoms with E-state index in [1.165, 1.54) is 13.4 Å². The van der Waals surface area contributed by atoms with Gasteiger partial charge in [-0.2, -0.15) is 10.2 Å². The molecule has 0 bridgehead atoms. The highest BCUT2D eigenvalue weighted by molar-refractivity contribution is 6.32. The molecule has 186 valence electrons. The van der Waals surface area contributed by atoms with Crippen LogP contribution < -0.4 is 15.8 Å². The summed E-state index contributed by atoms with van der Waals surface area (Å²) in [5.74, 6) is -0.132. The number of benzene rings is 3. The highest BCUT2D eigenvalue weighted by atomic mass is 35.5. The SMILES string of the molecule is COC(=O)c1ccc(Oc2ncnc(Nc3cc(Cl)c(C(C#N)c4ccc(Cl)cc4)cc3C)c2N)cc1. The first kappa shape index (κ1) is 25.8. The summed E-state index contributed by atoms with van der Waals surface area (Å²) in [7, 11) is 1.31. The lowest BCUT2D eigenvalue weighted by Gasteiger charge is -2.17. The summed E-state index contributed by atoms with van der Waals surface area (Å²) < 4.78 is 10.5. The highest BCUT2D eigenvalue weighted by Gasteiger charge is 2.19. The number of carbonyl (C=O) groups excluding carboxylic acids is 1. The summed E-state index contributed by atoms with van der Waals surface area (Å²) in [5, 5.41) is 14.0. The molecule has 0 saturated heterocycles. The summed E-state index contributed by atoms with van der Waals surface area (Å²) in [5.41, 5.74) is 9.78. The maximum absolute atomic E-state index is 11.6. The topological polar surface area (TPSA) is 123 Å². The third-order valence-electron chi connectivity index (χ3n) is 5.58. The normalized spacial score (nSPS) is 11.3. The fourth-order valence-corrected chi connectivity index (χ4v) is 4.01. The average Bonchev–Trinajstić information content (AvgIpc) is 2.90. The van der Waals surface area contributed by atoms with Crippen LogP contribution in [-0.2, 0) is 4.74 Å². The van der Waals surface area contributed by atoms with Gasteiger partial charge >= 0.3 is 5.97 Å². The molecule has 0 fully saturated rings. The predicted octanol–water partition coefficient (Wildman–Crippen LogP) is 6.65. The van der Waals surface area contributed by atoms with Crippen LogP contribution in [0.5, 0.6) is 11.6 Å². The van der Waals surface area contributed by atoms with E-state index in [0.29, 0.717) is 38.4 Å². The first-order valence-corrected chi connectivity index (χ1v) is 11.7. The van der Waals surface area contributed by atoms with Crippen molar-refractivity contribution in [3.8, 4) is 17.7 Å². The quantitative estimate of drug-likeness (QED) is 0.253. The van der Waals surface area contributed by atoms with E-state index >= 15 is 0 Å². The number of nitrogens with two attached hydrogens (primary N) is 1. The van der Waals surface area contributed by atoms with Gasteiger partial charge in [0.2, 0.25) is 5.88 Å². The number of rotatable bonds is 7. The Morgan fingerprint density at radius 1 is 1.08 bits per heavy atom. The molecule has 0 spiro atoms. The van der Waals surface area contributed by atoms with E-state index in [1.54, 1.807) is 54.6 Å². The van der Waals surface area contributed by atoms with Crippen LogP contribution in [0.25, 0.3) is 0 Å². The third-order valence-corrected chi connectivity index (χ3v) is 6.16. The van der Waals surface area contributed by atoms with E-state index in [1.807, 2.05) is 13.0 Å². The van der Waals surface area contributed by atoms with Crippen LogP contribution in [0.15, 0.2) is 67.0 Å². The number of nitrogens with zero attached hydrogens (tertiary/aromatic N) is 3. The van der Waals surface area contributed by atoms with Crippen LogP contribution in [-0.4, -0.2) is 23.0 Å². The van der Waals surface area contributed by atoms with Gasteiger partial charge in [-0.25, -0.2) is 9.78 Å². The number of anilines is 3. The van der Waals surface area contributed by atoms with Gasteiger partial charge in [-0.05, 0) is 66.1 Å². The molecule has 0 amide bonds. The molecule has 1 aromatic heterocycles. The van der Waals surface area contributed by atoms with Crippen LogP contribution >= 0.6 is 23.2 Å². The molecule has 8 nitrogen and oxygen atoms in total. The van der Waals surface area contributed by atoms with Crippen LogP contribution in [0, 0.1) is 18.3 Å². The Kier molecular flexibility index (Phi) is 7.77. The zero-order chi connectivity index (χ0) is 26.5. The van der Waals surface area contributed by atoms with Crippen molar-refractivity contribution in [2.75, 3.05) is 18.2 Å². The summed E-state index contributed by atoms with van der Waals surface area (Å²) in [6, 6.07) is 19.3. The molecule has 1 heterocycles. The minimum Gasteiger partial charge on any atom is -0.465 e. The number of hydrogen-bond acceptors (Lipinski definition) is 8. The number of ether oxygens (including phenoxy) is 2. The van der Waals surface area contributed by atoms with Crippen molar-refractivity contribution >= 4 is 46.4 Å². The van der Waals surface area contributed by atoms with Gasteiger partial charge in [0.15, 0.2) is 5.82 Å². The second-order valence-electron chi connectivity index (χ2n) is 7.99. The number of hydrogen-bond donors (Lipinski definition) is 2. The number of carbonyl (C=O) groups is 1. The van der Waals surface area contributed by atoms with E-state index in [-0.39, 0.29) is 11.6 Å². The first-order valence-electron chi connectivity index (χ1n) is 11.0. The largest absolute Gasteiger partial charge is 0.465 e. The summed E-state index contributed by atoms with van der Waals surface area (Å²) >= 11 is 12.6. The Labute approximate surface area is 223 Å². The van der Waals surface area contributed by atoms with E-state index in [4.69, 9.17) is 38.4 Å². The molecular formula is C27H21Cl2N5O3. The lowest BCUT2D eigenvalue weighted by atomic mass is 9.91. The number of halogens is 2. The van der Waals surface area contributed by atoms with E-state index < -0.39 is 11.9 Å². The standard InChI is InChI=1S/C27H21Cl2N5O3/c1-15-11-20(21(13-30)16-3-7-18(28)8-4-16)22(29)12-23(15)34-25-24(31)26(33-14-32-25)37-19-9-5-17(6-10-19)27(35)36-2/h3-12,14,21H,31H2,1-2H3,(H,32,33,34). The fourth-order valence-electron chi connectivity index (χ4n) is 3.62.